The number of hydrogen-bond acceptors (Lipinski definition) is 2. The average molecular weight is 353 g/mol. The van der Waals surface area contributed by atoms with Crippen LogP contribution in [0.1, 0.15) is 28.4 Å². The lowest BCUT2D eigenvalue weighted by Gasteiger charge is -2.19. The summed E-state index contributed by atoms with van der Waals surface area (Å²) in [6.45, 7) is 4.48. The molecule has 0 aromatic heterocycles. The maximum absolute atomic E-state index is 14.2. The molecule has 0 aliphatic carbocycles. The Morgan fingerprint density at radius 1 is 1.19 bits per heavy atom. The van der Waals surface area contributed by atoms with Crippen molar-refractivity contribution in [3.8, 4) is 11.5 Å². The van der Waals surface area contributed by atoms with Gasteiger partial charge in [-0.05, 0) is 32.0 Å². The van der Waals surface area contributed by atoms with Gasteiger partial charge in [0.15, 0.2) is 0 Å². The molecule has 1 atom stereocenters. The molecule has 0 aliphatic rings. The topological polar surface area (TPSA) is 18.5 Å². The molecule has 0 saturated carbocycles. The summed E-state index contributed by atoms with van der Waals surface area (Å²) in [7, 11) is 1.54. The van der Waals surface area contributed by atoms with Crippen LogP contribution in [0.25, 0.3) is 0 Å². The molecule has 0 N–H and O–H groups in total. The minimum Gasteiger partial charge on any atom is -0.496 e. The largest absolute Gasteiger partial charge is 0.496 e. The highest BCUT2D eigenvalue weighted by molar-refractivity contribution is 9.09. The first-order valence-corrected chi connectivity index (χ1v) is 7.69. The molecule has 2 aromatic rings. The van der Waals surface area contributed by atoms with E-state index in [9.17, 15) is 4.39 Å². The lowest BCUT2D eigenvalue weighted by atomic mass is 10.0. The molecule has 0 heterocycles. The Balaban J connectivity index is 2.54. The van der Waals surface area contributed by atoms with E-state index < -0.39 is 0 Å². The van der Waals surface area contributed by atoms with Crippen molar-refractivity contribution in [2.45, 2.75) is 18.7 Å². The number of rotatable bonds is 5. The van der Waals surface area contributed by atoms with Crippen LogP contribution in [0.2, 0.25) is 0 Å². The molecule has 0 radical (unpaired) electrons. The molecule has 21 heavy (non-hydrogen) atoms. The van der Waals surface area contributed by atoms with Gasteiger partial charge in [-0.25, -0.2) is 4.39 Å². The van der Waals surface area contributed by atoms with Crippen molar-refractivity contribution >= 4 is 15.9 Å². The van der Waals surface area contributed by atoms with Crippen molar-refractivity contribution in [3.05, 3.63) is 58.9 Å². The van der Waals surface area contributed by atoms with Gasteiger partial charge in [-0.15, -0.1) is 0 Å². The van der Waals surface area contributed by atoms with Crippen molar-refractivity contribution in [2.24, 2.45) is 0 Å². The second kappa shape index (κ2) is 6.94. The van der Waals surface area contributed by atoms with Crippen LogP contribution in [-0.2, 0) is 0 Å². The van der Waals surface area contributed by atoms with Crippen molar-refractivity contribution in [3.63, 3.8) is 0 Å². The SMILES string of the molecule is CCOc1ccc(C)cc1C(Br)c1c(F)cccc1OC. The Bertz CT molecular complexity index is 628. The van der Waals surface area contributed by atoms with Gasteiger partial charge in [0.1, 0.15) is 17.3 Å². The number of alkyl halides is 1. The normalized spacial score (nSPS) is 12.0. The Morgan fingerprint density at radius 3 is 2.62 bits per heavy atom. The summed E-state index contributed by atoms with van der Waals surface area (Å²) in [5.74, 6) is 0.955. The summed E-state index contributed by atoms with van der Waals surface area (Å²) in [6, 6.07) is 10.7. The fraction of sp³-hybridized carbons (Fsp3) is 0.294. The number of ether oxygens (including phenoxy) is 2. The monoisotopic (exact) mass is 352 g/mol. The van der Waals surface area contributed by atoms with Gasteiger partial charge in [-0.1, -0.05) is 39.7 Å². The summed E-state index contributed by atoms with van der Waals surface area (Å²) in [6.07, 6.45) is 0. The first-order chi connectivity index (χ1) is 10.1. The minimum absolute atomic E-state index is 0.305. The van der Waals surface area contributed by atoms with E-state index in [-0.39, 0.29) is 10.6 Å². The van der Waals surface area contributed by atoms with E-state index in [2.05, 4.69) is 15.9 Å². The smallest absolute Gasteiger partial charge is 0.131 e. The van der Waals surface area contributed by atoms with Gasteiger partial charge in [0.05, 0.1) is 18.5 Å². The molecule has 0 aliphatic heterocycles. The van der Waals surface area contributed by atoms with Gasteiger partial charge in [0, 0.05) is 11.1 Å². The van der Waals surface area contributed by atoms with Crippen molar-refractivity contribution in [1.82, 2.24) is 0 Å². The molecule has 0 fully saturated rings. The molecule has 0 spiro atoms. The third-order valence-electron chi connectivity index (χ3n) is 3.22. The molecule has 2 rings (SSSR count). The van der Waals surface area contributed by atoms with E-state index in [0.717, 1.165) is 16.9 Å². The van der Waals surface area contributed by atoms with Gasteiger partial charge >= 0.3 is 0 Å². The summed E-state index contributed by atoms with van der Waals surface area (Å²) >= 11 is 3.59. The highest BCUT2D eigenvalue weighted by Crippen LogP contribution is 2.42. The van der Waals surface area contributed by atoms with E-state index in [1.165, 1.54) is 13.2 Å². The zero-order valence-electron chi connectivity index (χ0n) is 12.3. The van der Waals surface area contributed by atoms with Gasteiger partial charge in [-0.2, -0.15) is 0 Å². The van der Waals surface area contributed by atoms with Crippen LogP contribution < -0.4 is 9.47 Å². The van der Waals surface area contributed by atoms with Crippen molar-refractivity contribution < 1.29 is 13.9 Å². The third kappa shape index (κ3) is 3.38. The second-order valence-electron chi connectivity index (χ2n) is 4.69. The second-order valence-corrected chi connectivity index (χ2v) is 5.61. The Morgan fingerprint density at radius 2 is 1.95 bits per heavy atom. The molecule has 2 nitrogen and oxygen atoms in total. The molecular weight excluding hydrogens is 335 g/mol. The minimum atomic E-state index is -0.338. The first-order valence-electron chi connectivity index (χ1n) is 6.78. The molecule has 0 saturated heterocycles. The molecule has 4 heteroatoms. The van der Waals surface area contributed by atoms with Crippen molar-refractivity contribution in [1.29, 1.82) is 0 Å². The predicted octanol–water partition coefficient (Wildman–Crippen LogP) is 5.03. The lowest BCUT2D eigenvalue weighted by molar-refractivity contribution is 0.336. The van der Waals surface area contributed by atoms with E-state index in [0.29, 0.717) is 17.9 Å². The van der Waals surface area contributed by atoms with Crippen LogP contribution in [0.5, 0.6) is 11.5 Å². The van der Waals surface area contributed by atoms with Gasteiger partial charge in [0.25, 0.3) is 0 Å². The maximum Gasteiger partial charge on any atom is 0.131 e. The molecular formula is C17H18BrFO2. The Kier molecular flexibility index (Phi) is 5.23. The predicted molar refractivity (Wildman–Crippen MR) is 86.1 cm³/mol. The van der Waals surface area contributed by atoms with E-state index >= 15 is 0 Å². The van der Waals surface area contributed by atoms with Crippen LogP contribution in [0.15, 0.2) is 36.4 Å². The molecule has 1 unspecified atom stereocenters. The van der Waals surface area contributed by atoms with Crippen LogP contribution in [0, 0.1) is 12.7 Å². The summed E-state index contributed by atoms with van der Waals surface area (Å²) in [5, 5.41) is 0. The number of benzene rings is 2. The average Bonchev–Trinajstić information content (AvgIpc) is 2.48. The molecule has 0 amide bonds. The summed E-state index contributed by atoms with van der Waals surface area (Å²) < 4.78 is 25.2. The summed E-state index contributed by atoms with van der Waals surface area (Å²) in [4.78, 5) is -0.338. The van der Waals surface area contributed by atoms with Gasteiger partial charge in [0.2, 0.25) is 0 Å². The Labute approximate surface area is 133 Å². The highest BCUT2D eigenvalue weighted by Gasteiger charge is 2.22. The lowest BCUT2D eigenvalue weighted by Crippen LogP contribution is -2.04. The zero-order chi connectivity index (χ0) is 15.4. The number of aryl methyl sites for hydroxylation is 1. The van der Waals surface area contributed by atoms with E-state index in [1.807, 2.05) is 32.0 Å². The number of methoxy groups -OCH3 is 1. The van der Waals surface area contributed by atoms with Crippen molar-refractivity contribution in [2.75, 3.05) is 13.7 Å². The number of halogens is 2. The van der Waals surface area contributed by atoms with Crippen LogP contribution in [-0.4, -0.2) is 13.7 Å². The summed E-state index contributed by atoms with van der Waals surface area (Å²) in [5.41, 5.74) is 2.46. The maximum atomic E-state index is 14.2. The number of hydrogen-bond donors (Lipinski definition) is 0. The van der Waals surface area contributed by atoms with Crippen LogP contribution in [0.3, 0.4) is 0 Å². The van der Waals surface area contributed by atoms with E-state index in [1.54, 1.807) is 12.1 Å². The molecule has 112 valence electrons. The molecule has 2 aromatic carbocycles. The third-order valence-corrected chi connectivity index (χ3v) is 4.18. The van der Waals surface area contributed by atoms with Crippen LogP contribution in [0.4, 0.5) is 4.39 Å². The standard InChI is InChI=1S/C17H18BrFO2/c1-4-21-14-9-8-11(2)10-12(14)17(18)16-13(19)6-5-7-15(16)20-3/h5-10,17H,4H2,1-3H3. The quantitative estimate of drug-likeness (QED) is 0.703. The van der Waals surface area contributed by atoms with Gasteiger partial charge in [-0.3, -0.25) is 0 Å². The highest BCUT2D eigenvalue weighted by atomic mass is 79.9. The van der Waals surface area contributed by atoms with Gasteiger partial charge < -0.3 is 9.47 Å². The first kappa shape index (κ1) is 15.8. The zero-order valence-corrected chi connectivity index (χ0v) is 13.9. The van der Waals surface area contributed by atoms with E-state index in [4.69, 9.17) is 9.47 Å². The Hall–Kier alpha value is -1.55. The fourth-order valence-corrected chi connectivity index (χ4v) is 3.05. The van der Waals surface area contributed by atoms with Crippen LogP contribution >= 0.6 is 15.9 Å². The fourth-order valence-electron chi connectivity index (χ4n) is 2.25. The molecule has 0 bridgehead atoms.